The summed E-state index contributed by atoms with van der Waals surface area (Å²) in [6.07, 6.45) is 0. The Morgan fingerprint density at radius 2 is 1.62 bits per heavy atom. The summed E-state index contributed by atoms with van der Waals surface area (Å²) < 4.78 is 26.3. The SMILES string of the molecule is CCN(CC)S(=O)(=O)c1ccc(C(=O)NCC(=O)NNC(=O)c2cc([N+](=O)[O-])ccc2Cl)cc1. The largest absolute Gasteiger partial charge is 0.343 e. The molecule has 0 atom stereocenters. The number of non-ortho nitro benzene ring substituents is 1. The first-order chi connectivity index (χ1) is 16.0. The molecule has 3 amide bonds. The molecular weight excluding hydrogens is 490 g/mol. The van der Waals surface area contributed by atoms with Crippen LogP contribution in [0.4, 0.5) is 5.69 Å². The van der Waals surface area contributed by atoms with Gasteiger partial charge in [0.05, 0.1) is 26.9 Å². The Morgan fingerprint density at radius 1 is 1.00 bits per heavy atom. The standard InChI is InChI=1S/C20H22ClN5O7S/c1-3-25(4-2)34(32,33)15-8-5-13(6-9-15)19(28)22-12-18(27)23-24-20(29)16-11-14(26(30)31)7-10-17(16)21/h5-11H,3-4,12H2,1-2H3,(H,22,28)(H,23,27)(H,24,29). The van der Waals surface area contributed by atoms with E-state index in [1.807, 2.05) is 5.43 Å². The molecule has 0 unspecified atom stereocenters. The minimum atomic E-state index is -3.67. The molecule has 34 heavy (non-hydrogen) atoms. The number of amides is 3. The van der Waals surface area contributed by atoms with E-state index in [4.69, 9.17) is 11.6 Å². The molecule has 0 bridgehead atoms. The summed E-state index contributed by atoms with van der Waals surface area (Å²) in [6, 6.07) is 8.48. The van der Waals surface area contributed by atoms with Crippen molar-refractivity contribution >= 4 is 45.0 Å². The van der Waals surface area contributed by atoms with Gasteiger partial charge in [0.2, 0.25) is 10.0 Å². The van der Waals surface area contributed by atoms with E-state index in [-0.39, 0.29) is 26.7 Å². The normalized spacial score (nSPS) is 11.1. The number of hydrogen-bond acceptors (Lipinski definition) is 7. The molecule has 0 saturated carbocycles. The Kier molecular flexibility index (Phi) is 9.06. The first-order valence-corrected chi connectivity index (χ1v) is 11.7. The fourth-order valence-corrected chi connectivity index (χ4v) is 4.45. The highest BCUT2D eigenvalue weighted by atomic mass is 35.5. The van der Waals surface area contributed by atoms with Gasteiger partial charge in [0, 0.05) is 30.8 Å². The molecule has 0 spiro atoms. The van der Waals surface area contributed by atoms with Crippen LogP contribution < -0.4 is 16.2 Å². The Hall–Kier alpha value is -3.55. The number of nitrogens with zero attached hydrogens (tertiary/aromatic N) is 2. The Balaban J connectivity index is 1.92. The molecule has 0 aromatic heterocycles. The number of hydrogen-bond donors (Lipinski definition) is 3. The predicted molar refractivity (Wildman–Crippen MR) is 123 cm³/mol. The van der Waals surface area contributed by atoms with Crippen molar-refractivity contribution in [1.82, 2.24) is 20.5 Å². The van der Waals surface area contributed by atoms with Crippen LogP contribution in [0.25, 0.3) is 0 Å². The van der Waals surface area contributed by atoms with Gasteiger partial charge in [-0.2, -0.15) is 4.31 Å². The van der Waals surface area contributed by atoms with E-state index in [2.05, 4.69) is 10.7 Å². The number of carbonyl (C=O) groups is 3. The molecule has 2 aromatic carbocycles. The summed E-state index contributed by atoms with van der Waals surface area (Å²) in [7, 11) is -3.67. The van der Waals surface area contributed by atoms with E-state index in [1.54, 1.807) is 13.8 Å². The van der Waals surface area contributed by atoms with E-state index in [0.29, 0.717) is 13.1 Å². The maximum atomic E-state index is 12.5. The summed E-state index contributed by atoms with van der Waals surface area (Å²) in [5.41, 5.74) is 3.64. The smallest absolute Gasteiger partial charge is 0.271 e. The van der Waals surface area contributed by atoms with Gasteiger partial charge in [-0.3, -0.25) is 35.3 Å². The summed E-state index contributed by atoms with van der Waals surface area (Å²) in [5.74, 6) is -2.32. The van der Waals surface area contributed by atoms with E-state index in [1.165, 1.54) is 34.6 Å². The topological polar surface area (TPSA) is 168 Å². The molecule has 0 aliphatic rings. The summed E-state index contributed by atoms with van der Waals surface area (Å²) in [6.45, 7) is 3.53. The molecule has 2 aromatic rings. The Labute approximate surface area is 200 Å². The van der Waals surface area contributed by atoms with Crippen LogP contribution in [0.5, 0.6) is 0 Å². The van der Waals surface area contributed by atoms with Crippen molar-refractivity contribution in [2.75, 3.05) is 19.6 Å². The van der Waals surface area contributed by atoms with Gasteiger partial charge < -0.3 is 5.32 Å². The second-order valence-corrected chi connectivity index (χ2v) is 9.07. The zero-order valence-electron chi connectivity index (χ0n) is 18.2. The second-order valence-electron chi connectivity index (χ2n) is 6.72. The van der Waals surface area contributed by atoms with Crippen molar-refractivity contribution in [2.24, 2.45) is 0 Å². The van der Waals surface area contributed by atoms with Crippen LogP contribution in [-0.4, -0.2) is 55.0 Å². The lowest BCUT2D eigenvalue weighted by molar-refractivity contribution is -0.384. The Morgan fingerprint density at radius 3 is 2.18 bits per heavy atom. The van der Waals surface area contributed by atoms with Gasteiger partial charge in [-0.15, -0.1) is 0 Å². The Bertz CT molecular complexity index is 1200. The third-order valence-corrected chi connectivity index (χ3v) is 6.98. The second kappa shape index (κ2) is 11.5. The van der Waals surface area contributed by atoms with Crippen molar-refractivity contribution in [3.8, 4) is 0 Å². The fourth-order valence-electron chi connectivity index (χ4n) is 2.79. The molecule has 12 nitrogen and oxygen atoms in total. The molecular formula is C20H22ClN5O7S. The molecule has 0 radical (unpaired) electrons. The maximum Gasteiger partial charge on any atom is 0.271 e. The van der Waals surface area contributed by atoms with Crippen LogP contribution in [0, 0.1) is 10.1 Å². The van der Waals surface area contributed by atoms with Gasteiger partial charge in [0.15, 0.2) is 0 Å². The molecule has 14 heteroatoms. The van der Waals surface area contributed by atoms with Crippen LogP contribution in [0.3, 0.4) is 0 Å². The zero-order valence-corrected chi connectivity index (χ0v) is 19.8. The number of hydrazine groups is 1. The number of nitrogens with one attached hydrogen (secondary N) is 3. The van der Waals surface area contributed by atoms with E-state index >= 15 is 0 Å². The molecule has 0 aliphatic heterocycles. The number of halogens is 1. The average molecular weight is 512 g/mol. The van der Waals surface area contributed by atoms with E-state index in [9.17, 15) is 32.9 Å². The van der Waals surface area contributed by atoms with Crippen molar-refractivity contribution in [3.63, 3.8) is 0 Å². The molecule has 0 saturated heterocycles. The number of nitro benzene ring substituents is 1. The van der Waals surface area contributed by atoms with Gasteiger partial charge in [-0.05, 0) is 30.3 Å². The van der Waals surface area contributed by atoms with Gasteiger partial charge in [-0.1, -0.05) is 25.4 Å². The maximum absolute atomic E-state index is 12.5. The van der Waals surface area contributed by atoms with Crippen molar-refractivity contribution in [2.45, 2.75) is 18.7 Å². The first-order valence-electron chi connectivity index (χ1n) is 9.92. The molecule has 0 aliphatic carbocycles. The quantitative estimate of drug-likeness (QED) is 0.338. The minimum Gasteiger partial charge on any atom is -0.343 e. The highest BCUT2D eigenvalue weighted by molar-refractivity contribution is 7.89. The lowest BCUT2D eigenvalue weighted by Crippen LogP contribution is -2.46. The third kappa shape index (κ3) is 6.50. The molecule has 182 valence electrons. The molecule has 0 fully saturated rings. The van der Waals surface area contributed by atoms with E-state index < -0.39 is 39.2 Å². The van der Waals surface area contributed by atoms with Gasteiger partial charge in [-0.25, -0.2) is 8.42 Å². The van der Waals surface area contributed by atoms with Crippen LogP contribution in [0.15, 0.2) is 47.4 Å². The first kappa shape index (κ1) is 26.7. The van der Waals surface area contributed by atoms with Crippen LogP contribution >= 0.6 is 11.6 Å². The number of nitro groups is 1. The summed E-state index contributed by atoms with van der Waals surface area (Å²) >= 11 is 5.86. The van der Waals surface area contributed by atoms with Crippen molar-refractivity contribution in [3.05, 3.63) is 68.7 Å². The van der Waals surface area contributed by atoms with E-state index in [0.717, 1.165) is 12.1 Å². The van der Waals surface area contributed by atoms with Crippen molar-refractivity contribution in [1.29, 1.82) is 0 Å². The highest BCUT2D eigenvalue weighted by Crippen LogP contribution is 2.21. The van der Waals surface area contributed by atoms with Gasteiger partial charge >= 0.3 is 0 Å². The van der Waals surface area contributed by atoms with Crippen LogP contribution in [0.2, 0.25) is 5.02 Å². The number of carbonyl (C=O) groups excluding carboxylic acids is 3. The zero-order chi connectivity index (χ0) is 25.5. The van der Waals surface area contributed by atoms with Gasteiger partial charge in [0.1, 0.15) is 0 Å². The molecule has 3 N–H and O–H groups in total. The lowest BCUT2D eigenvalue weighted by atomic mass is 10.2. The minimum absolute atomic E-state index is 0.0352. The summed E-state index contributed by atoms with van der Waals surface area (Å²) in [5, 5.41) is 13.1. The number of benzene rings is 2. The van der Waals surface area contributed by atoms with Crippen LogP contribution in [-0.2, 0) is 14.8 Å². The summed E-state index contributed by atoms with van der Waals surface area (Å²) in [4.78, 5) is 46.5. The average Bonchev–Trinajstić information content (AvgIpc) is 2.81. The van der Waals surface area contributed by atoms with Gasteiger partial charge in [0.25, 0.3) is 23.4 Å². The number of sulfonamides is 1. The molecule has 2 rings (SSSR count). The number of rotatable bonds is 9. The fraction of sp³-hybridized carbons (Fsp3) is 0.250. The molecule has 0 heterocycles. The third-order valence-electron chi connectivity index (χ3n) is 4.59. The van der Waals surface area contributed by atoms with Crippen molar-refractivity contribution < 1.29 is 27.7 Å². The predicted octanol–water partition coefficient (Wildman–Crippen LogP) is 1.47. The monoisotopic (exact) mass is 511 g/mol. The van der Waals surface area contributed by atoms with Crippen LogP contribution in [0.1, 0.15) is 34.6 Å². The lowest BCUT2D eigenvalue weighted by Gasteiger charge is -2.18. The highest BCUT2D eigenvalue weighted by Gasteiger charge is 2.22.